The largest absolute Gasteiger partial charge is 0.469 e. The van der Waals surface area contributed by atoms with Gasteiger partial charge in [-0.2, -0.15) is 0 Å². The van der Waals surface area contributed by atoms with E-state index in [2.05, 4.69) is 14.8 Å². The van der Waals surface area contributed by atoms with E-state index < -0.39 is 0 Å². The molecule has 0 heterocycles. The number of carbonyl (C=O) groups excluding carboxylic acids is 2. The standard InChI is InChI=1S/C14H19NO4/c1-18-13(16)7-8-15-10-12-6-4-3-5-11(12)9-14(17)19-2/h3-6,15H,7-10H2,1-2H3. The van der Waals surface area contributed by atoms with Crippen molar-refractivity contribution in [2.45, 2.75) is 19.4 Å². The summed E-state index contributed by atoms with van der Waals surface area (Å²) in [6, 6.07) is 7.64. The van der Waals surface area contributed by atoms with Crippen LogP contribution in [0.2, 0.25) is 0 Å². The Balaban J connectivity index is 2.48. The van der Waals surface area contributed by atoms with Gasteiger partial charge in [0.05, 0.1) is 27.1 Å². The van der Waals surface area contributed by atoms with E-state index in [1.807, 2.05) is 24.3 Å². The minimum absolute atomic E-state index is 0.240. The number of carbonyl (C=O) groups is 2. The molecule has 5 heteroatoms. The average molecular weight is 265 g/mol. The fourth-order valence-electron chi connectivity index (χ4n) is 1.65. The number of rotatable bonds is 7. The highest BCUT2D eigenvalue weighted by Crippen LogP contribution is 2.10. The van der Waals surface area contributed by atoms with Crippen LogP contribution >= 0.6 is 0 Å². The van der Waals surface area contributed by atoms with Crippen LogP contribution in [0.15, 0.2) is 24.3 Å². The van der Waals surface area contributed by atoms with E-state index in [0.29, 0.717) is 19.5 Å². The number of hydrogen-bond acceptors (Lipinski definition) is 5. The molecular formula is C14H19NO4. The van der Waals surface area contributed by atoms with Crippen molar-refractivity contribution in [3.8, 4) is 0 Å². The van der Waals surface area contributed by atoms with Crippen LogP contribution in [-0.2, 0) is 32.0 Å². The van der Waals surface area contributed by atoms with Gasteiger partial charge in [-0.1, -0.05) is 24.3 Å². The minimum Gasteiger partial charge on any atom is -0.469 e. The molecule has 19 heavy (non-hydrogen) atoms. The van der Waals surface area contributed by atoms with Gasteiger partial charge >= 0.3 is 11.9 Å². The van der Waals surface area contributed by atoms with Crippen LogP contribution < -0.4 is 5.32 Å². The van der Waals surface area contributed by atoms with Crippen LogP contribution in [-0.4, -0.2) is 32.7 Å². The molecule has 0 aliphatic rings. The van der Waals surface area contributed by atoms with Crippen molar-refractivity contribution in [3.05, 3.63) is 35.4 Å². The summed E-state index contributed by atoms with van der Waals surface area (Å²) in [6.45, 7) is 1.14. The minimum atomic E-state index is -0.262. The number of nitrogens with one attached hydrogen (secondary N) is 1. The average Bonchev–Trinajstić information content (AvgIpc) is 2.44. The lowest BCUT2D eigenvalue weighted by atomic mass is 10.0. The van der Waals surface area contributed by atoms with Gasteiger partial charge in [0.2, 0.25) is 0 Å². The molecule has 0 radical (unpaired) electrons. The van der Waals surface area contributed by atoms with E-state index in [9.17, 15) is 9.59 Å². The van der Waals surface area contributed by atoms with Crippen LogP contribution in [0.3, 0.4) is 0 Å². The monoisotopic (exact) mass is 265 g/mol. The Hall–Kier alpha value is -1.88. The maximum absolute atomic E-state index is 11.3. The fourth-order valence-corrected chi connectivity index (χ4v) is 1.65. The predicted octanol–water partition coefficient (Wildman–Crippen LogP) is 1.05. The van der Waals surface area contributed by atoms with Gasteiger partial charge in [0, 0.05) is 13.1 Å². The third kappa shape index (κ3) is 5.52. The lowest BCUT2D eigenvalue weighted by molar-refractivity contribution is -0.141. The van der Waals surface area contributed by atoms with Gasteiger partial charge in [0.15, 0.2) is 0 Å². The fraction of sp³-hybridized carbons (Fsp3) is 0.429. The third-order valence-electron chi connectivity index (χ3n) is 2.73. The predicted molar refractivity (Wildman–Crippen MR) is 70.5 cm³/mol. The Bertz CT molecular complexity index is 431. The molecule has 1 aromatic carbocycles. The molecule has 1 aromatic rings. The smallest absolute Gasteiger partial charge is 0.309 e. The maximum atomic E-state index is 11.3. The van der Waals surface area contributed by atoms with Crippen molar-refractivity contribution in [3.63, 3.8) is 0 Å². The summed E-state index contributed by atoms with van der Waals surface area (Å²) in [5, 5.41) is 3.15. The molecular weight excluding hydrogens is 246 g/mol. The van der Waals surface area contributed by atoms with E-state index in [0.717, 1.165) is 11.1 Å². The molecule has 0 unspecified atom stereocenters. The second-order valence-corrected chi connectivity index (χ2v) is 4.02. The first kappa shape index (κ1) is 15.2. The van der Waals surface area contributed by atoms with Gasteiger partial charge in [-0.05, 0) is 11.1 Å². The second kappa shape index (κ2) is 8.26. The molecule has 0 fully saturated rings. The molecule has 0 atom stereocenters. The van der Waals surface area contributed by atoms with Crippen LogP contribution in [0.4, 0.5) is 0 Å². The molecule has 0 saturated heterocycles. The van der Waals surface area contributed by atoms with Gasteiger partial charge in [-0.15, -0.1) is 0 Å². The quantitative estimate of drug-likeness (QED) is 0.590. The van der Waals surface area contributed by atoms with Gasteiger partial charge in [-0.3, -0.25) is 9.59 Å². The first-order chi connectivity index (χ1) is 9.17. The van der Waals surface area contributed by atoms with Crippen molar-refractivity contribution in [2.24, 2.45) is 0 Å². The van der Waals surface area contributed by atoms with E-state index >= 15 is 0 Å². The Morgan fingerprint density at radius 3 is 2.32 bits per heavy atom. The Morgan fingerprint density at radius 1 is 1.05 bits per heavy atom. The molecule has 104 valence electrons. The summed E-state index contributed by atoms with van der Waals surface area (Å²) < 4.78 is 9.21. The lowest BCUT2D eigenvalue weighted by Gasteiger charge is -2.09. The molecule has 0 aromatic heterocycles. The molecule has 0 spiro atoms. The Labute approximate surface area is 112 Å². The van der Waals surface area contributed by atoms with E-state index in [-0.39, 0.29) is 18.4 Å². The first-order valence-electron chi connectivity index (χ1n) is 6.08. The molecule has 0 amide bonds. The summed E-state index contributed by atoms with van der Waals surface area (Å²) >= 11 is 0. The highest BCUT2D eigenvalue weighted by molar-refractivity contribution is 5.72. The van der Waals surface area contributed by atoms with Crippen LogP contribution in [0.1, 0.15) is 17.5 Å². The van der Waals surface area contributed by atoms with Gasteiger partial charge in [-0.25, -0.2) is 0 Å². The van der Waals surface area contributed by atoms with E-state index in [1.54, 1.807) is 0 Å². The number of ether oxygens (including phenoxy) is 2. The number of hydrogen-bond donors (Lipinski definition) is 1. The van der Waals surface area contributed by atoms with Crippen molar-refractivity contribution in [2.75, 3.05) is 20.8 Å². The third-order valence-corrected chi connectivity index (χ3v) is 2.73. The number of methoxy groups -OCH3 is 2. The highest BCUT2D eigenvalue weighted by atomic mass is 16.5. The van der Waals surface area contributed by atoms with Gasteiger partial charge < -0.3 is 14.8 Å². The first-order valence-corrected chi connectivity index (χ1v) is 6.08. The summed E-state index contributed by atoms with van der Waals surface area (Å²) in [4.78, 5) is 22.2. The molecule has 1 rings (SSSR count). The molecule has 5 nitrogen and oxygen atoms in total. The maximum Gasteiger partial charge on any atom is 0.309 e. The number of esters is 2. The zero-order chi connectivity index (χ0) is 14.1. The zero-order valence-electron chi connectivity index (χ0n) is 11.3. The Kier molecular flexibility index (Phi) is 6.60. The lowest BCUT2D eigenvalue weighted by Crippen LogP contribution is -2.19. The number of benzene rings is 1. The molecule has 0 saturated carbocycles. The SMILES string of the molecule is COC(=O)CCNCc1ccccc1CC(=O)OC. The summed E-state index contributed by atoms with van der Waals surface area (Å²) in [5.74, 6) is -0.502. The van der Waals surface area contributed by atoms with E-state index in [1.165, 1.54) is 14.2 Å². The summed E-state index contributed by atoms with van der Waals surface area (Å²) in [7, 11) is 2.74. The van der Waals surface area contributed by atoms with Crippen molar-refractivity contribution in [1.82, 2.24) is 5.32 Å². The zero-order valence-corrected chi connectivity index (χ0v) is 11.3. The molecule has 0 aliphatic carbocycles. The normalized spacial score (nSPS) is 10.0. The van der Waals surface area contributed by atoms with Crippen LogP contribution in [0, 0.1) is 0 Å². The summed E-state index contributed by atoms with van der Waals surface area (Å²) in [5.41, 5.74) is 1.96. The van der Waals surface area contributed by atoms with Gasteiger partial charge in [0.25, 0.3) is 0 Å². The van der Waals surface area contributed by atoms with Crippen molar-refractivity contribution < 1.29 is 19.1 Å². The topological polar surface area (TPSA) is 64.6 Å². The van der Waals surface area contributed by atoms with Crippen LogP contribution in [0.5, 0.6) is 0 Å². The summed E-state index contributed by atoms with van der Waals surface area (Å²) in [6.07, 6.45) is 0.584. The van der Waals surface area contributed by atoms with E-state index in [4.69, 9.17) is 0 Å². The molecule has 0 bridgehead atoms. The van der Waals surface area contributed by atoms with Crippen LogP contribution in [0.25, 0.3) is 0 Å². The van der Waals surface area contributed by atoms with Gasteiger partial charge in [0.1, 0.15) is 0 Å². The molecule has 1 N–H and O–H groups in total. The molecule has 0 aliphatic heterocycles. The Morgan fingerprint density at radius 2 is 1.68 bits per heavy atom. The van der Waals surface area contributed by atoms with Crippen molar-refractivity contribution >= 4 is 11.9 Å². The van der Waals surface area contributed by atoms with Crippen molar-refractivity contribution in [1.29, 1.82) is 0 Å². The highest BCUT2D eigenvalue weighted by Gasteiger charge is 2.07. The second-order valence-electron chi connectivity index (χ2n) is 4.02.